The second kappa shape index (κ2) is 8.37. The number of rotatable bonds is 5. The summed E-state index contributed by atoms with van der Waals surface area (Å²) in [5, 5.41) is 12.2. The van der Waals surface area contributed by atoms with Gasteiger partial charge in [-0.15, -0.1) is 10.2 Å². The van der Waals surface area contributed by atoms with E-state index >= 15 is 0 Å². The van der Waals surface area contributed by atoms with Crippen LogP contribution in [0.25, 0.3) is 11.4 Å². The van der Waals surface area contributed by atoms with E-state index in [4.69, 9.17) is 0 Å². The smallest absolute Gasteiger partial charge is 0.212 e. The summed E-state index contributed by atoms with van der Waals surface area (Å²) in [5.74, 6) is 0.657. The van der Waals surface area contributed by atoms with Gasteiger partial charge in [-0.2, -0.15) is 4.80 Å². The summed E-state index contributed by atoms with van der Waals surface area (Å²) >= 11 is 3.41. The van der Waals surface area contributed by atoms with Gasteiger partial charge in [-0.3, -0.25) is 0 Å². The molecule has 1 aliphatic carbocycles. The predicted molar refractivity (Wildman–Crippen MR) is 102 cm³/mol. The van der Waals surface area contributed by atoms with Gasteiger partial charge in [0.25, 0.3) is 0 Å². The molecule has 0 unspecified atom stereocenters. The summed E-state index contributed by atoms with van der Waals surface area (Å²) < 4.78 is 25.8. The molecule has 0 aliphatic heterocycles. The number of aromatic nitrogens is 4. The van der Waals surface area contributed by atoms with Crippen molar-refractivity contribution in [1.29, 1.82) is 0 Å². The van der Waals surface area contributed by atoms with Gasteiger partial charge >= 0.3 is 0 Å². The van der Waals surface area contributed by atoms with E-state index in [9.17, 15) is 8.42 Å². The van der Waals surface area contributed by atoms with Crippen molar-refractivity contribution in [3.8, 4) is 11.4 Å². The molecule has 0 atom stereocenters. The van der Waals surface area contributed by atoms with E-state index in [1.807, 2.05) is 52.0 Å². The van der Waals surface area contributed by atoms with E-state index in [0.29, 0.717) is 5.82 Å². The lowest BCUT2D eigenvalue weighted by Gasteiger charge is -2.07. The maximum Gasteiger partial charge on any atom is 0.214 e. The van der Waals surface area contributed by atoms with Crippen LogP contribution in [-0.4, -0.2) is 39.9 Å². The van der Waals surface area contributed by atoms with Crippen LogP contribution in [-0.2, 0) is 10.0 Å². The van der Waals surface area contributed by atoms with E-state index in [1.165, 1.54) is 0 Å². The molecule has 2 aromatic rings. The van der Waals surface area contributed by atoms with Crippen LogP contribution < -0.4 is 4.72 Å². The van der Waals surface area contributed by atoms with E-state index in [0.717, 1.165) is 22.9 Å². The maximum atomic E-state index is 11.1. The number of sulfonamides is 1. The zero-order valence-electron chi connectivity index (χ0n) is 14.8. The molecule has 0 bridgehead atoms. The van der Waals surface area contributed by atoms with Crippen molar-refractivity contribution in [1.82, 2.24) is 24.9 Å². The Labute approximate surface area is 157 Å². The maximum absolute atomic E-state index is 11.1. The molecule has 7 nitrogen and oxygen atoms in total. The first-order valence-corrected chi connectivity index (χ1v) is 10.6. The van der Waals surface area contributed by atoms with Crippen LogP contribution in [0.3, 0.4) is 0 Å². The Hall–Kier alpha value is -1.32. The average molecular weight is 430 g/mol. The Morgan fingerprint density at radius 1 is 1.24 bits per heavy atom. The van der Waals surface area contributed by atoms with Crippen molar-refractivity contribution in [3.05, 3.63) is 28.7 Å². The zero-order chi connectivity index (χ0) is 18.6. The van der Waals surface area contributed by atoms with Crippen molar-refractivity contribution in [3.63, 3.8) is 0 Å². The molecular weight excluding hydrogens is 406 g/mol. The minimum atomic E-state index is -2.94. The lowest BCUT2D eigenvalue weighted by molar-refractivity contribution is 0.455. The second-order valence-electron chi connectivity index (χ2n) is 6.55. The van der Waals surface area contributed by atoms with Crippen molar-refractivity contribution >= 4 is 26.0 Å². The van der Waals surface area contributed by atoms with Crippen LogP contribution in [0.5, 0.6) is 0 Å². The molecule has 0 saturated heterocycles. The Balaban J connectivity index is 0.000000196. The van der Waals surface area contributed by atoms with E-state index < -0.39 is 10.0 Å². The van der Waals surface area contributed by atoms with Crippen LogP contribution in [0, 0.1) is 0 Å². The van der Waals surface area contributed by atoms with E-state index in [2.05, 4.69) is 36.1 Å². The Kier molecular flexibility index (Phi) is 6.70. The van der Waals surface area contributed by atoms with Crippen LogP contribution >= 0.6 is 15.9 Å². The van der Waals surface area contributed by atoms with Gasteiger partial charge in [0.1, 0.15) is 0 Å². The molecule has 0 amide bonds. The molecule has 1 aromatic heterocycles. The van der Waals surface area contributed by atoms with Crippen molar-refractivity contribution < 1.29 is 8.42 Å². The highest BCUT2D eigenvalue weighted by Gasteiger charge is 2.35. The van der Waals surface area contributed by atoms with Crippen LogP contribution in [0.1, 0.15) is 46.6 Å². The fourth-order valence-corrected chi connectivity index (χ4v) is 4.00. The molecule has 1 aromatic carbocycles. The summed E-state index contributed by atoms with van der Waals surface area (Å²) in [4.78, 5) is 1.61. The topological polar surface area (TPSA) is 89.8 Å². The average Bonchev–Trinajstić information content (AvgIpc) is 3.25. The Morgan fingerprint density at radius 2 is 1.92 bits per heavy atom. The highest BCUT2D eigenvalue weighted by molar-refractivity contribution is 9.10. The number of tetrazole rings is 1. The number of hydrogen-bond donors (Lipinski definition) is 1. The highest BCUT2D eigenvalue weighted by atomic mass is 79.9. The van der Waals surface area contributed by atoms with Gasteiger partial charge in [0.15, 0.2) is 0 Å². The van der Waals surface area contributed by atoms with Crippen molar-refractivity contribution in [2.45, 2.75) is 57.9 Å². The first kappa shape index (κ1) is 20.0. The molecule has 1 N–H and O–H groups in total. The molecule has 1 aliphatic rings. The summed E-state index contributed by atoms with van der Waals surface area (Å²) in [5.41, 5.74) is 0.969. The van der Waals surface area contributed by atoms with Gasteiger partial charge in [0, 0.05) is 16.1 Å². The summed E-state index contributed by atoms with van der Waals surface area (Å²) in [6, 6.07) is 8.13. The van der Waals surface area contributed by atoms with Gasteiger partial charge in [-0.25, -0.2) is 13.1 Å². The minimum absolute atomic E-state index is 0.0330. The molecule has 9 heteroatoms. The molecule has 25 heavy (non-hydrogen) atoms. The number of nitrogens with one attached hydrogen (secondary N) is 1. The normalized spacial score (nSPS) is 14.5. The minimum Gasteiger partial charge on any atom is -0.212 e. The molecule has 1 heterocycles. The van der Waals surface area contributed by atoms with Gasteiger partial charge in [-0.05, 0) is 57.9 Å². The Morgan fingerprint density at radius 3 is 2.40 bits per heavy atom. The highest BCUT2D eigenvalue weighted by Crippen LogP contribution is 2.27. The van der Waals surface area contributed by atoms with Gasteiger partial charge in [0.2, 0.25) is 15.8 Å². The lowest BCUT2D eigenvalue weighted by atomic mass is 10.2. The lowest BCUT2D eigenvalue weighted by Crippen LogP contribution is -2.32. The molecule has 1 fully saturated rings. The van der Waals surface area contributed by atoms with Crippen molar-refractivity contribution in [2.75, 3.05) is 0 Å². The SMILES string of the molecule is CC(C)NS(=O)(=O)C1CC1.CC(C)n1nnc(-c2cccc(Br)c2)n1. The third-order valence-corrected chi connectivity index (χ3v) is 5.98. The molecule has 3 rings (SSSR count). The number of hydrogen-bond acceptors (Lipinski definition) is 5. The third-order valence-electron chi connectivity index (χ3n) is 3.34. The molecule has 0 radical (unpaired) electrons. The first-order chi connectivity index (χ1) is 11.7. The predicted octanol–water partition coefficient (Wildman–Crippen LogP) is 3.16. The van der Waals surface area contributed by atoms with Gasteiger partial charge in [-0.1, -0.05) is 28.1 Å². The van der Waals surface area contributed by atoms with Crippen LogP contribution in [0.4, 0.5) is 0 Å². The van der Waals surface area contributed by atoms with Crippen molar-refractivity contribution in [2.24, 2.45) is 0 Å². The van der Waals surface area contributed by atoms with Gasteiger partial charge < -0.3 is 0 Å². The number of nitrogens with zero attached hydrogens (tertiary/aromatic N) is 4. The van der Waals surface area contributed by atoms with Crippen LogP contribution in [0.2, 0.25) is 0 Å². The largest absolute Gasteiger partial charge is 0.214 e. The molecule has 138 valence electrons. The summed E-state index contributed by atoms with van der Waals surface area (Å²) in [6.07, 6.45) is 1.67. The third kappa shape index (κ3) is 6.16. The van der Waals surface area contributed by atoms with Crippen LogP contribution in [0.15, 0.2) is 28.7 Å². The zero-order valence-corrected chi connectivity index (χ0v) is 17.2. The second-order valence-corrected chi connectivity index (χ2v) is 9.46. The quantitative estimate of drug-likeness (QED) is 0.787. The number of benzene rings is 1. The Bertz CT molecular complexity index is 800. The van der Waals surface area contributed by atoms with E-state index in [-0.39, 0.29) is 17.3 Å². The summed E-state index contributed by atoms with van der Waals surface area (Å²) in [6.45, 7) is 7.71. The standard InChI is InChI=1S/C10H11BrN4.C6H13NO2S/c1-7(2)15-13-10(12-14-15)8-4-3-5-9(11)6-8;1-5(2)7-10(8,9)6-3-4-6/h3-7H,1-2H3;5-7H,3-4H2,1-2H3. The monoisotopic (exact) mass is 429 g/mol. The fraction of sp³-hybridized carbons (Fsp3) is 0.562. The number of halogens is 1. The summed E-state index contributed by atoms with van der Waals surface area (Å²) in [7, 11) is -2.94. The fourth-order valence-electron chi connectivity index (χ4n) is 1.99. The molecular formula is C16H24BrN5O2S. The van der Waals surface area contributed by atoms with E-state index in [1.54, 1.807) is 4.80 Å². The van der Waals surface area contributed by atoms with Gasteiger partial charge in [0.05, 0.1) is 11.3 Å². The molecule has 1 saturated carbocycles. The molecule has 0 spiro atoms. The first-order valence-electron chi connectivity index (χ1n) is 8.25.